The van der Waals surface area contributed by atoms with Crippen molar-refractivity contribution in [3.05, 3.63) is 54.6 Å². The lowest BCUT2D eigenvalue weighted by atomic mass is 9.91. The van der Waals surface area contributed by atoms with E-state index in [1.807, 2.05) is 42.5 Å². The first kappa shape index (κ1) is 16.1. The first-order chi connectivity index (χ1) is 12.6. The van der Waals surface area contributed by atoms with Gasteiger partial charge in [-0.25, -0.2) is 4.79 Å². The maximum absolute atomic E-state index is 12.5. The van der Waals surface area contributed by atoms with Gasteiger partial charge in [0.15, 0.2) is 5.54 Å². The van der Waals surface area contributed by atoms with E-state index >= 15 is 0 Å². The van der Waals surface area contributed by atoms with Crippen LogP contribution in [0.5, 0.6) is 11.5 Å². The maximum Gasteiger partial charge on any atom is 0.328 e. The van der Waals surface area contributed by atoms with E-state index in [0.29, 0.717) is 25.1 Å². The molecule has 0 bridgehead atoms. The van der Waals surface area contributed by atoms with Crippen molar-refractivity contribution in [3.63, 3.8) is 0 Å². The summed E-state index contributed by atoms with van der Waals surface area (Å²) in [6, 6.07) is 15.8. The van der Waals surface area contributed by atoms with E-state index in [-0.39, 0.29) is 0 Å². The largest absolute Gasteiger partial charge is 0.457 e. The third-order valence-corrected chi connectivity index (χ3v) is 4.71. The fourth-order valence-corrected chi connectivity index (χ4v) is 3.51. The topological polar surface area (TPSA) is 87.7 Å². The van der Waals surface area contributed by atoms with E-state index in [0.717, 1.165) is 11.4 Å². The predicted octanol–water partition coefficient (Wildman–Crippen LogP) is 2.18. The highest BCUT2D eigenvalue weighted by Gasteiger charge is 2.57. The molecule has 4 rings (SSSR count). The van der Waals surface area contributed by atoms with Gasteiger partial charge in [-0.2, -0.15) is 0 Å². The molecule has 26 heavy (non-hydrogen) atoms. The smallest absolute Gasteiger partial charge is 0.328 e. The molecule has 2 aromatic carbocycles. The molecular formula is C19H17N3O4. The zero-order valence-corrected chi connectivity index (χ0v) is 13.9. The van der Waals surface area contributed by atoms with Crippen LogP contribution in [0.25, 0.3) is 0 Å². The quantitative estimate of drug-likeness (QED) is 0.828. The molecule has 2 fully saturated rings. The molecule has 0 radical (unpaired) electrons. The average molecular weight is 351 g/mol. The number of carbonyl (C=O) groups is 3. The summed E-state index contributed by atoms with van der Waals surface area (Å²) in [4.78, 5) is 38.1. The molecule has 132 valence electrons. The second-order valence-electron chi connectivity index (χ2n) is 6.26. The average Bonchev–Trinajstić information content (AvgIpc) is 3.08. The van der Waals surface area contributed by atoms with Gasteiger partial charge in [0, 0.05) is 12.2 Å². The van der Waals surface area contributed by atoms with Crippen molar-refractivity contribution in [2.24, 2.45) is 0 Å². The van der Waals surface area contributed by atoms with Crippen LogP contribution in [0.4, 0.5) is 10.5 Å². The molecule has 0 atom stereocenters. The summed E-state index contributed by atoms with van der Waals surface area (Å²) in [6.07, 6.45) is 1.04. The highest BCUT2D eigenvalue weighted by molar-refractivity contribution is 6.24. The molecule has 2 aliphatic rings. The van der Waals surface area contributed by atoms with Gasteiger partial charge in [0.25, 0.3) is 11.8 Å². The number of hydrogen-bond donors (Lipinski definition) is 2. The number of carbonyl (C=O) groups excluding carboxylic acids is 3. The van der Waals surface area contributed by atoms with Crippen LogP contribution in [-0.2, 0) is 9.59 Å². The molecule has 7 nitrogen and oxygen atoms in total. The number of barbiturate groups is 1. The molecule has 0 aromatic heterocycles. The molecule has 2 heterocycles. The molecule has 7 heteroatoms. The van der Waals surface area contributed by atoms with Crippen LogP contribution in [0.1, 0.15) is 12.8 Å². The van der Waals surface area contributed by atoms with Crippen molar-refractivity contribution in [2.75, 3.05) is 11.4 Å². The lowest BCUT2D eigenvalue weighted by Crippen LogP contribution is -2.71. The van der Waals surface area contributed by atoms with Crippen molar-refractivity contribution in [2.45, 2.75) is 18.4 Å². The first-order valence-electron chi connectivity index (χ1n) is 8.37. The van der Waals surface area contributed by atoms with Crippen molar-refractivity contribution in [3.8, 4) is 11.5 Å². The number of imide groups is 2. The van der Waals surface area contributed by atoms with Crippen molar-refractivity contribution < 1.29 is 19.1 Å². The minimum absolute atomic E-state index is 0.361. The number of benzene rings is 2. The fourth-order valence-electron chi connectivity index (χ4n) is 3.51. The van der Waals surface area contributed by atoms with Gasteiger partial charge in [0.05, 0.1) is 0 Å². The first-order valence-corrected chi connectivity index (χ1v) is 8.37. The van der Waals surface area contributed by atoms with Crippen LogP contribution >= 0.6 is 0 Å². The van der Waals surface area contributed by atoms with Gasteiger partial charge < -0.3 is 9.64 Å². The van der Waals surface area contributed by atoms with E-state index in [1.54, 1.807) is 17.0 Å². The van der Waals surface area contributed by atoms with Crippen LogP contribution in [0.2, 0.25) is 0 Å². The third kappa shape index (κ3) is 2.57. The van der Waals surface area contributed by atoms with Crippen molar-refractivity contribution >= 4 is 23.5 Å². The predicted molar refractivity (Wildman–Crippen MR) is 94.0 cm³/mol. The Labute approximate surface area is 149 Å². The number of amides is 4. The summed E-state index contributed by atoms with van der Waals surface area (Å²) in [5, 5.41) is 4.42. The van der Waals surface area contributed by atoms with Crippen molar-refractivity contribution in [1.82, 2.24) is 10.6 Å². The zero-order valence-electron chi connectivity index (χ0n) is 13.9. The molecule has 0 saturated carbocycles. The Hall–Kier alpha value is -3.35. The Kier molecular flexibility index (Phi) is 3.84. The number of nitrogens with one attached hydrogen (secondary N) is 2. The SMILES string of the molecule is O=C1NC(=O)C2(CCCN2c2ccc(Oc3ccccc3)cc2)C(=O)N1. The summed E-state index contributed by atoms with van der Waals surface area (Å²) in [5.74, 6) is 0.227. The number of anilines is 1. The maximum atomic E-state index is 12.5. The molecule has 1 spiro atoms. The molecule has 2 aromatic rings. The number of para-hydroxylation sites is 1. The van der Waals surface area contributed by atoms with Crippen LogP contribution < -0.4 is 20.3 Å². The van der Waals surface area contributed by atoms with Crippen molar-refractivity contribution in [1.29, 1.82) is 0 Å². The Morgan fingerprint density at radius 2 is 1.46 bits per heavy atom. The van der Waals surface area contributed by atoms with Gasteiger partial charge in [-0.15, -0.1) is 0 Å². The molecule has 2 N–H and O–H groups in total. The summed E-state index contributed by atoms with van der Waals surface area (Å²) in [5.41, 5.74) is -0.655. The second-order valence-corrected chi connectivity index (χ2v) is 6.26. The van der Waals surface area contributed by atoms with E-state index < -0.39 is 23.4 Å². The van der Waals surface area contributed by atoms with Crippen LogP contribution in [0.15, 0.2) is 54.6 Å². The Bertz CT molecular complexity index is 844. The number of rotatable bonds is 3. The summed E-state index contributed by atoms with van der Waals surface area (Å²) in [6.45, 7) is 0.550. The van der Waals surface area contributed by atoms with E-state index in [1.165, 1.54) is 0 Å². The standard InChI is InChI=1S/C19H17N3O4/c23-16-19(17(24)21-18(25)20-16)11-4-12-22(19)13-7-9-15(10-8-13)26-14-5-2-1-3-6-14/h1-3,5-10H,4,11-12H2,(H2,20,21,23,24,25). The monoisotopic (exact) mass is 351 g/mol. The summed E-state index contributed by atoms with van der Waals surface area (Å²) >= 11 is 0. The number of ether oxygens (including phenoxy) is 1. The van der Waals surface area contributed by atoms with E-state index in [2.05, 4.69) is 10.6 Å². The van der Waals surface area contributed by atoms with Gasteiger partial charge in [0.2, 0.25) is 0 Å². The molecular weight excluding hydrogens is 334 g/mol. The Morgan fingerprint density at radius 3 is 2.12 bits per heavy atom. The van der Waals surface area contributed by atoms with Crippen LogP contribution in [-0.4, -0.2) is 29.9 Å². The van der Waals surface area contributed by atoms with Crippen LogP contribution in [0.3, 0.4) is 0 Å². The molecule has 2 saturated heterocycles. The second kappa shape index (κ2) is 6.18. The van der Waals surface area contributed by atoms with Gasteiger partial charge in [-0.05, 0) is 49.2 Å². The van der Waals surface area contributed by atoms with E-state index in [4.69, 9.17) is 4.74 Å². The van der Waals surface area contributed by atoms with Gasteiger partial charge in [-0.1, -0.05) is 18.2 Å². The van der Waals surface area contributed by atoms with Gasteiger partial charge in [0.1, 0.15) is 11.5 Å². The third-order valence-electron chi connectivity index (χ3n) is 4.71. The normalized spacial score (nSPS) is 18.6. The Morgan fingerprint density at radius 1 is 0.846 bits per heavy atom. The highest BCUT2D eigenvalue weighted by Crippen LogP contribution is 2.37. The van der Waals surface area contributed by atoms with Gasteiger partial charge >= 0.3 is 6.03 Å². The zero-order chi connectivity index (χ0) is 18.1. The summed E-state index contributed by atoms with van der Waals surface area (Å²) in [7, 11) is 0. The lowest BCUT2D eigenvalue weighted by Gasteiger charge is -2.39. The number of hydrogen-bond acceptors (Lipinski definition) is 5. The molecule has 0 aliphatic carbocycles. The minimum atomic E-state index is -1.38. The van der Waals surface area contributed by atoms with Gasteiger partial charge in [-0.3, -0.25) is 20.2 Å². The molecule has 2 aliphatic heterocycles. The summed E-state index contributed by atoms with van der Waals surface area (Å²) < 4.78 is 5.77. The fraction of sp³-hybridized carbons (Fsp3) is 0.211. The molecule has 0 unspecified atom stereocenters. The number of nitrogens with zero attached hydrogens (tertiary/aromatic N) is 1. The minimum Gasteiger partial charge on any atom is -0.457 e. The number of urea groups is 1. The molecule has 4 amide bonds. The highest BCUT2D eigenvalue weighted by atomic mass is 16.5. The Balaban J connectivity index is 1.59. The van der Waals surface area contributed by atoms with Crippen LogP contribution in [0, 0.1) is 0 Å². The lowest BCUT2D eigenvalue weighted by molar-refractivity contribution is -0.137. The van der Waals surface area contributed by atoms with E-state index in [9.17, 15) is 14.4 Å².